The number of carbonyl (C=O) groups excluding carboxylic acids is 1. The molecule has 1 unspecified atom stereocenters. The average molecular weight is 349 g/mol. The van der Waals surface area contributed by atoms with Crippen molar-refractivity contribution in [2.75, 3.05) is 39.3 Å². The molecule has 2 aliphatic heterocycles. The molecule has 1 aliphatic carbocycles. The lowest BCUT2D eigenvalue weighted by atomic mass is 9.95. The summed E-state index contributed by atoms with van der Waals surface area (Å²) >= 11 is 1.80. The maximum Gasteiger partial charge on any atom is 0.255 e. The van der Waals surface area contributed by atoms with E-state index in [0.29, 0.717) is 6.10 Å². The monoisotopic (exact) mass is 348 g/mol. The molecule has 4 rings (SSSR count). The number of carbonyl (C=O) groups is 1. The van der Waals surface area contributed by atoms with Gasteiger partial charge >= 0.3 is 0 Å². The number of rotatable bonds is 3. The van der Waals surface area contributed by atoms with Gasteiger partial charge in [-0.05, 0) is 57.1 Å². The highest BCUT2D eigenvalue weighted by molar-refractivity contribution is 7.10. The lowest BCUT2D eigenvalue weighted by Crippen LogP contribution is -2.37. The zero-order valence-corrected chi connectivity index (χ0v) is 15.3. The predicted molar refractivity (Wildman–Crippen MR) is 96.9 cm³/mol. The second-order valence-corrected chi connectivity index (χ2v) is 8.30. The fourth-order valence-corrected chi connectivity index (χ4v) is 5.40. The zero-order chi connectivity index (χ0) is 16.4. The first kappa shape index (κ1) is 16.6. The van der Waals surface area contributed by atoms with Crippen LogP contribution in [-0.2, 0) is 17.6 Å². The summed E-state index contributed by atoms with van der Waals surface area (Å²) in [6.45, 7) is 5.78. The van der Waals surface area contributed by atoms with Crippen LogP contribution >= 0.6 is 11.3 Å². The molecule has 0 saturated carbocycles. The molecule has 3 heterocycles. The molecule has 0 N–H and O–H groups in total. The van der Waals surface area contributed by atoms with E-state index >= 15 is 0 Å². The highest BCUT2D eigenvalue weighted by Gasteiger charge is 2.27. The van der Waals surface area contributed by atoms with Gasteiger partial charge in [0, 0.05) is 43.0 Å². The Hall–Kier alpha value is -0.910. The van der Waals surface area contributed by atoms with Crippen LogP contribution in [0, 0.1) is 0 Å². The van der Waals surface area contributed by atoms with Gasteiger partial charge in [0.1, 0.15) is 0 Å². The number of hydrogen-bond acceptors (Lipinski definition) is 4. The Morgan fingerprint density at radius 2 is 2.04 bits per heavy atom. The first-order chi connectivity index (χ1) is 11.8. The number of thiophene rings is 1. The molecule has 2 fully saturated rings. The lowest BCUT2D eigenvalue weighted by molar-refractivity contribution is 0.0704. The molecule has 5 heteroatoms. The first-order valence-corrected chi connectivity index (χ1v) is 10.4. The average Bonchev–Trinajstić information content (AvgIpc) is 3.20. The number of hydrogen-bond donors (Lipinski definition) is 0. The van der Waals surface area contributed by atoms with Crippen LogP contribution < -0.4 is 0 Å². The highest BCUT2D eigenvalue weighted by Crippen LogP contribution is 2.31. The summed E-state index contributed by atoms with van der Waals surface area (Å²) < 4.78 is 5.77. The van der Waals surface area contributed by atoms with Crippen molar-refractivity contribution in [1.82, 2.24) is 9.80 Å². The Labute approximate surface area is 148 Å². The molecular formula is C19H28N2O2S. The van der Waals surface area contributed by atoms with Crippen molar-refractivity contribution in [3.05, 3.63) is 21.4 Å². The fraction of sp³-hybridized carbons (Fsp3) is 0.737. The maximum absolute atomic E-state index is 13.0. The van der Waals surface area contributed by atoms with Gasteiger partial charge in [0.2, 0.25) is 0 Å². The fourth-order valence-electron chi connectivity index (χ4n) is 4.28. The Morgan fingerprint density at radius 3 is 2.92 bits per heavy atom. The van der Waals surface area contributed by atoms with Crippen LogP contribution in [0.4, 0.5) is 0 Å². The second kappa shape index (κ2) is 7.54. The molecule has 1 aromatic heterocycles. The molecule has 1 atom stereocenters. The Kier molecular flexibility index (Phi) is 5.20. The summed E-state index contributed by atoms with van der Waals surface area (Å²) in [4.78, 5) is 19.1. The highest BCUT2D eigenvalue weighted by atomic mass is 32.1. The minimum absolute atomic E-state index is 0.272. The third-order valence-electron chi connectivity index (χ3n) is 5.65. The number of amides is 1. The standard InChI is InChI=1S/C19H28N2O2S/c22-19(17-14-24-18-7-2-1-6-16(17)18)21-9-4-8-20(10-11-21)13-15-5-3-12-23-15/h14-15H,1-13H2. The minimum Gasteiger partial charge on any atom is -0.377 e. The van der Waals surface area contributed by atoms with Crippen molar-refractivity contribution >= 4 is 17.2 Å². The Morgan fingerprint density at radius 1 is 1.12 bits per heavy atom. The zero-order valence-electron chi connectivity index (χ0n) is 14.5. The normalized spacial score (nSPS) is 25.5. The number of ether oxygens (including phenoxy) is 1. The van der Waals surface area contributed by atoms with Gasteiger partial charge in [-0.15, -0.1) is 11.3 Å². The predicted octanol–water partition coefficient (Wildman–Crippen LogP) is 2.95. The van der Waals surface area contributed by atoms with Gasteiger partial charge in [-0.2, -0.15) is 0 Å². The van der Waals surface area contributed by atoms with E-state index in [4.69, 9.17) is 4.74 Å². The minimum atomic E-state index is 0.272. The van der Waals surface area contributed by atoms with E-state index in [1.54, 1.807) is 11.3 Å². The molecule has 0 aromatic carbocycles. The van der Waals surface area contributed by atoms with Crippen molar-refractivity contribution in [3.8, 4) is 0 Å². The summed E-state index contributed by atoms with van der Waals surface area (Å²) in [6.07, 6.45) is 8.66. The Balaban J connectivity index is 1.38. The van der Waals surface area contributed by atoms with Crippen LogP contribution in [0.1, 0.15) is 52.9 Å². The molecule has 4 nitrogen and oxygen atoms in total. The smallest absolute Gasteiger partial charge is 0.255 e. The molecule has 132 valence electrons. The number of fused-ring (bicyclic) bond motifs is 1. The third kappa shape index (κ3) is 3.53. The van der Waals surface area contributed by atoms with Crippen LogP contribution in [0.2, 0.25) is 0 Å². The van der Waals surface area contributed by atoms with Gasteiger partial charge < -0.3 is 9.64 Å². The van der Waals surface area contributed by atoms with E-state index in [9.17, 15) is 4.79 Å². The second-order valence-electron chi connectivity index (χ2n) is 7.34. The van der Waals surface area contributed by atoms with Gasteiger partial charge in [-0.3, -0.25) is 9.69 Å². The number of aryl methyl sites for hydroxylation is 1. The molecule has 2 saturated heterocycles. The van der Waals surface area contributed by atoms with E-state index in [1.165, 1.54) is 42.5 Å². The topological polar surface area (TPSA) is 32.8 Å². The summed E-state index contributed by atoms with van der Waals surface area (Å²) in [7, 11) is 0. The molecule has 1 amide bonds. The van der Waals surface area contributed by atoms with Crippen molar-refractivity contribution < 1.29 is 9.53 Å². The van der Waals surface area contributed by atoms with E-state index < -0.39 is 0 Å². The Bertz CT molecular complexity index is 580. The number of nitrogens with zero attached hydrogens (tertiary/aromatic N) is 2. The third-order valence-corrected chi connectivity index (χ3v) is 6.74. The van der Waals surface area contributed by atoms with E-state index in [1.807, 2.05) is 0 Å². The molecule has 1 aromatic rings. The molecule has 0 radical (unpaired) electrons. The van der Waals surface area contributed by atoms with Crippen LogP contribution in [0.25, 0.3) is 0 Å². The summed E-state index contributed by atoms with van der Waals surface area (Å²) in [6, 6.07) is 0. The van der Waals surface area contributed by atoms with E-state index in [0.717, 1.165) is 57.7 Å². The van der Waals surface area contributed by atoms with E-state index in [2.05, 4.69) is 15.2 Å². The van der Waals surface area contributed by atoms with Crippen LogP contribution in [0.15, 0.2) is 5.38 Å². The van der Waals surface area contributed by atoms with Crippen molar-refractivity contribution in [1.29, 1.82) is 0 Å². The van der Waals surface area contributed by atoms with Gasteiger partial charge in [0.05, 0.1) is 11.7 Å². The van der Waals surface area contributed by atoms with Crippen LogP contribution in [-0.4, -0.2) is 61.1 Å². The summed E-state index contributed by atoms with van der Waals surface area (Å²) in [5, 5.41) is 2.12. The summed E-state index contributed by atoms with van der Waals surface area (Å²) in [5.41, 5.74) is 2.36. The van der Waals surface area contributed by atoms with Gasteiger partial charge in [0.15, 0.2) is 0 Å². The van der Waals surface area contributed by atoms with Gasteiger partial charge in [0.25, 0.3) is 5.91 Å². The van der Waals surface area contributed by atoms with E-state index in [-0.39, 0.29) is 5.91 Å². The molecular weight excluding hydrogens is 320 g/mol. The first-order valence-electron chi connectivity index (χ1n) is 9.54. The van der Waals surface area contributed by atoms with Gasteiger partial charge in [-0.1, -0.05) is 0 Å². The van der Waals surface area contributed by atoms with Crippen molar-refractivity contribution in [2.24, 2.45) is 0 Å². The van der Waals surface area contributed by atoms with Gasteiger partial charge in [-0.25, -0.2) is 0 Å². The van der Waals surface area contributed by atoms with Crippen molar-refractivity contribution in [2.45, 2.75) is 51.0 Å². The molecule has 0 spiro atoms. The lowest BCUT2D eigenvalue weighted by Gasteiger charge is -2.24. The SMILES string of the molecule is O=C(c1csc2c1CCCC2)N1CCCN(CC2CCCO2)CC1. The van der Waals surface area contributed by atoms with Crippen molar-refractivity contribution in [3.63, 3.8) is 0 Å². The largest absolute Gasteiger partial charge is 0.377 e. The maximum atomic E-state index is 13.0. The molecule has 24 heavy (non-hydrogen) atoms. The van der Waals surface area contributed by atoms with Crippen LogP contribution in [0.3, 0.4) is 0 Å². The molecule has 3 aliphatic rings. The van der Waals surface area contributed by atoms with Crippen LogP contribution in [0.5, 0.6) is 0 Å². The quantitative estimate of drug-likeness (QED) is 0.842. The molecule has 0 bridgehead atoms. The summed E-state index contributed by atoms with van der Waals surface area (Å²) in [5.74, 6) is 0.272.